The molecule has 2 N–H and O–H groups in total. The van der Waals surface area contributed by atoms with Crippen molar-refractivity contribution in [1.82, 2.24) is 10.3 Å². The van der Waals surface area contributed by atoms with Crippen LogP contribution in [-0.2, 0) is 4.79 Å². The van der Waals surface area contributed by atoms with Crippen LogP contribution in [0.4, 0.5) is 5.69 Å². The molecule has 0 bridgehead atoms. The van der Waals surface area contributed by atoms with Crippen molar-refractivity contribution in [2.24, 2.45) is 5.92 Å². The topological polar surface area (TPSA) is 67.2 Å². The van der Waals surface area contributed by atoms with Crippen molar-refractivity contribution in [2.45, 2.75) is 13.8 Å². The highest BCUT2D eigenvalue weighted by atomic mass is 16.3. The van der Waals surface area contributed by atoms with E-state index in [4.69, 9.17) is 4.42 Å². The Morgan fingerprint density at radius 1 is 1.45 bits per heavy atom. The van der Waals surface area contributed by atoms with Gasteiger partial charge in [-0.2, -0.15) is 0 Å². The Morgan fingerprint density at radius 2 is 2.30 bits per heavy atom. The van der Waals surface area contributed by atoms with E-state index >= 15 is 0 Å². The van der Waals surface area contributed by atoms with Gasteiger partial charge in [0.25, 0.3) is 0 Å². The van der Waals surface area contributed by atoms with Crippen LogP contribution in [0.25, 0.3) is 11.3 Å². The fourth-order valence-corrected chi connectivity index (χ4v) is 1.83. The molecule has 1 aromatic carbocycles. The minimum atomic E-state index is -0.0797. The number of aromatic nitrogens is 1. The van der Waals surface area contributed by atoms with Crippen LogP contribution in [0.5, 0.6) is 0 Å². The first-order valence-electron chi connectivity index (χ1n) is 6.71. The maximum atomic E-state index is 12.0. The van der Waals surface area contributed by atoms with E-state index in [9.17, 15) is 4.79 Å². The first kappa shape index (κ1) is 14.3. The van der Waals surface area contributed by atoms with Gasteiger partial charge < -0.3 is 15.1 Å². The minimum Gasteiger partial charge on any atom is -0.444 e. The lowest BCUT2D eigenvalue weighted by atomic mass is 10.1. The number of rotatable bonds is 6. The molecule has 0 radical (unpaired) electrons. The molecule has 1 aromatic heterocycles. The highest BCUT2D eigenvalue weighted by Crippen LogP contribution is 2.22. The zero-order chi connectivity index (χ0) is 14.4. The summed E-state index contributed by atoms with van der Waals surface area (Å²) in [7, 11) is 0. The molecule has 5 nitrogen and oxygen atoms in total. The molecule has 1 atom stereocenters. The van der Waals surface area contributed by atoms with Crippen LogP contribution in [0.1, 0.15) is 13.8 Å². The van der Waals surface area contributed by atoms with Gasteiger partial charge in [-0.3, -0.25) is 4.79 Å². The summed E-state index contributed by atoms with van der Waals surface area (Å²) in [5.41, 5.74) is 1.65. The molecule has 1 heterocycles. The Morgan fingerprint density at radius 3 is 3.00 bits per heavy atom. The van der Waals surface area contributed by atoms with Gasteiger partial charge in [-0.1, -0.05) is 26.0 Å². The molecule has 0 saturated heterocycles. The Hall–Kier alpha value is -2.14. The Kier molecular flexibility index (Phi) is 4.90. The van der Waals surface area contributed by atoms with Crippen molar-refractivity contribution < 1.29 is 9.21 Å². The summed E-state index contributed by atoms with van der Waals surface area (Å²) in [5, 5.41) is 6.08. The number of benzene rings is 1. The lowest BCUT2D eigenvalue weighted by molar-refractivity contribution is -0.119. The van der Waals surface area contributed by atoms with Gasteiger partial charge in [-0.25, -0.2) is 4.98 Å². The molecule has 0 fully saturated rings. The quantitative estimate of drug-likeness (QED) is 0.848. The number of oxazole rings is 1. The van der Waals surface area contributed by atoms with Crippen LogP contribution >= 0.6 is 0 Å². The third-order valence-electron chi connectivity index (χ3n) is 3.00. The first-order chi connectivity index (χ1) is 9.70. The Bertz CT molecular complexity index is 552. The Balaban J connectivity index is 2.03. The molecular formula is C15H19N3O2. The van der Waals surface area contributed by atoms with Crippen molar-refractivity contribution in [2.75, 3.05) is 18.4 Å². The summed E-state index contributed by atoms with van der Waals surface area (Å²) in [5.74, 6) is 0.603. The number of anilines is 1. The number of hydrogen-bond donors (Lipinski definition) is 2. The lowest BCUT2D eigenvalue weighted by Gasteiger charge is -2.12. The lowest BCUT2D eigenvalue weighted by Crippen LogP contribution is -2.30. The predicted molar refractivity (Wildman–Crippen MR) is 78.3 cm³/mol. The van der Waals surface area contributed by atoms with E-state index < -0.39 is 0 Å². The predicted octanol–water partition coefficient (Wildman–Crippen LogP) is 2.53. The van der Waals surface area contributed by atoms with Gasteiger partial charge in [0.05, 0.1) is 6.20 Å². The van der Waals surface area contributed by atoms with Crippen molar-refractivity contribution in [1.29, 1.82) is 0 Å². The molecule has 106 valence electrons. The number of nitrogens with one attached hydrogen (secondary N) is 2. The van der Waals surface area contributed by atoms with Crippen molar-refractivity contribution in [3.05, 3.63) is 36.9 Å². The molecule has 0 aliphatic heterocycles. The van der Waals surface area contributed by atoms with E-state index in [1.165, 1.54) is 6.39 Å². The fourth-order valence-electron chi connectivity index (χ4n) is 1.83. The summed E-state index contributed by atoms with van der Waals surface area (Å²) < 4.78 is 5.25. The molecule has 0 aliphatic carbocycles. The van der Waals surface area contributed by atoms with E-state index in [2.05, 4.69) is 15.6 Å². The maximum absolute atomic E-state index is 12.0. The van der Waals surface area contributed by atoms with Gasteiger partial charge in [-0.05, 0) is 18.7 Å². The fraction of sp³-hybridized carbons (Fsp3) is 0.333. The molecule has 5 heteroatoms. The molecule has 0 saturated carbocycles. The van der Waals surface area contributed by atoms with E-state index in [0.717, 1.165) is 17.8 Å². The monoisotopic (exact) mass is 273 g/mol. The van der Waals surface area contributed by atoms with Crippen LogP contribution < -0.4 is 10.6 Å². The minimum absolute atomic E-state index is 0.000620. The summed E-state index contributed by atoms with van der Waals surface area (Å²) >= 11 is 0. The molecule has 1 unspecified atom stereocenters. The summed E-state index contributed by atoms with van der Waals surface area (Å²) in [6, 6.07) is 7.52. The zero-order valence-electron chi connectivity index (χ0n) is 11.7. The van der Waals surface area contributed by atoms with Crippen LogP contribution in [-0.4, -0.2) is 24.0 Å². The summed E-state index contributed by atoms with van der Waals surface area (Å²) in [4.78, 5) is 15.9. The van der Waals surface area contributed by atoms with E-state index in [1.807, 2.05) is 38.1 Å². The SMILES string of the molecule is CCNCC(C)C(=O)Nc1cccc(-c2cnco2)c1. The van der Waals surface area contributed by atoms with E-state index in [-0.39, 0.29) is 11.8 Å². The van der Waals surface area contributed by atoms with Crippen molar-refractivity contribution in [3.63, 3.8) is 0 Å². The number of hydrogen-bond acceptors (Lipinski definition) is 4. The van der Waals surface area contributed by atoms with Crippen molar-refractivity contribution >= 4 is 11.6 Å². The molecule has 2 aromatic rings. The van der Waals surface area contributed by atoms with Gasteiger partial charge in [0.15, 0.2) is 12.2 Å². The maximum Gasteiger partial charge on any atom is 0.228 e. The van der Waals surface area contributed by atoms with Gasteiger partial charge in [0.2, 0.25) is 5.91 Å². The number of amides is 1. The average Bonchev–Trinajstić information content (AvgIpc) is 2.99. The zero-order valence-corrected chi connectivity index (χ0v) is 11.7. The second-order valence-electron chi connectivity index (χ2n) is 4.64. The molecule has 20 heavy (non-hydrogen) atoms. The van der Waals surface area contributed by atoms with E-state index in [0.29, 0.717) is 12.3 Å². The van der Waals surface area contributed by atoms with Gasteiger partial charge in [0, 0.05) is 23.7 Å². The standard InChI is InChI=1S/C15H19N3O2/c1-3-16-8-11(2)15(19)18-13-6-4-5-12(7-13)14-9-17-10-20-14/h4-7,9-11,16H,3,8H2,1-2H3,(H,18,19). The van der Waals surface area contributed by atoms with Crippen LogP contribution in [0.2, 0.25) is 0 Å². The molecule has 1 amide bonds. The van der Waals surface area contributed by atoms with Gasteiger partial charge in [-0.15, -0.1) is 0 Å². The second-order valence-corrected chi connectivity index (χ2v) is 4.64. The average molecular weight is 273 g/mol. The molecule has 0 aliphatic rings. The van der Waals surface area contributed by atoms with Crippen LogP contribution in [0.15, 0.2) is 41.3 Å². The number of carbonyl (C=O) groups is 1. The number of nitrogens with zero attached hydrogens (tertiary/aromatic N) is 1. The van der Waals surface area contributed by atoms with Gasteiger partial charge in [0.1, 0.15) is 0 Å². The van der Waals surface area contributed by atoms with Crippen molar-refractivity contribution in [3.8, 4) is 11.3 Å². The molecular weight excluding hydrogens is 254 g/mol. The second kappa shape index (κ2) is 6.86. The third kappa shape index (κ3) is 3.68. The number of carbonyl (C=O) groups excluding carboxylic acids is 1. The Labute approximate surface area is 118 Å². The largest absolute Gasteiger partial charge is 0.444 e. The highest BCUT2D eigenvalue weighted by Gasteiger charge is 2.12. The van der Waals surface area contributed by atoms with E-state index in [1.54, 1.807) is 6.20 Å². The van der Waals surface area contributed by atoms with Gasteiger partial charge >= 0.3 is 0 Å². The highest BCUT2D eigenvalue weighted by molar-refractivity contribution is 5.93. The van der Waals surface area contributed by atoms with Crippen LogP contribution in [0.3, 0.4) is 0 Å². The first-order valence-corrected chi connectivity index (χ1v) is 6.71. The molecule has 2 rings (SSSR count). The van der Waals surface area contributed by atoms with Crippen LogP contribution in [0, 0.1) is 5.92 Å². The summed E-state index contributed by atoms with van der Waals surface area (Å²) in [6.07, 6.45) is 3.04. The third-order valence-corrected chi connectivity index (χ3v) is 3.00. The smallest absolute Gasteiger partial charge is 0.228 e. The summed E-state index contributed by atoms with van der Waals surface area (Å²) in [6.45, 7) is 5.45. The normalized spacial score (nSPS) is 12.1. The molecule has 0 spiro atoms.